The first-order chi connectivity index (χ1) is 13.1. The van der Waals surface area contributed by atoms with E-state index in [0.717, 1.165) is 5.56 Å². The third-order valence-electron chi connectivity index (χ3n) is 3.41. The lowest BCUT2D eigenvalue weighted by Crippen LogP contribution is -2.47. The summed E-state index contributed by atoms with van der Waals surface area (Å²) >= 11 is 0. The molecule has 0 saturated heterocycles. The minimum Gasteiger partial charge on any atom is -0.445 e. The summed E-state index contributed by atoms with van der Waals surface area (Å²) in [6, 6.07) is 16.5. The van der Waals surface area contributed by atoms with Gasteiger partial charge in [-0.15, -0.1) is 0 Å². The van der Waals surface area contributed by atoms with E-state index in [1.54, 1.807) is 36.4 Å². The molecule has 0 aliphatic heterocycles. The molecule has 8 heteroatoms. The van der Waals surface area contributed by atoms with Crippen LogP contribution in [0.3, 0.4) is 0 Å². The number of hydrogen-bond donors (Lipinski definition) is 3. The number of amides is 2. The summed E-state index contributed by atoms with van der Waals surface area (Å²) < 4.78 is 5.00. The van der Waals surface area contributed by atoms with E-state index >= 15 is 0 Å². The largest absolute Gasteiger partial charge is 0.445 e. The zero-order valence-electron chi connectivity index (χ0n) is 14.3. The van der Waals surface area contributed by atoms with Crippen molar-refractivity contribution in [2.75, 3.05) is 6.61 Å². The summed E-state index contributed by atoms with van der Waals surface area (Å²) in [5, 5.41) is 24.1. The molecular weight excluding hydrogens is 348 g/mol. The van der Waals surface area contributed by atoms with Crippen LogP contribution in [0, 0.1) is 11.3 Å². The number of carbonyl (C=O) groups excluding carboxylic acids is 2. The number of nitrogens with zero attached hydrogens (tertiary/aromatic N) is 2. The van der Waals surface area contributed by atoms with Gasteiger partial charge in [-0.1, -0.05) is 42.5 Å². The number of aliphatic hydroxyl groups excluding tert-OH is 1. The molecule has 1 atom stereocenters. The van der Waals surface area contributed by atoms with Gasteiger partial charge in [0.1, 0.15) is 12.6 Å². The standard InChI is InChI=1S/C19H18N4O4/c20-10-15-7-4-8-16(9-15)11-21-23-18(25)17(12-24)22-19(26)27-13-14-5-2-1-3-6-14/h1-9,11,17,24H,12-13H2,(H,22,26)(H,23,25)/b21-11+/t17-/m0/s1. The van der Waals surface area contributed by atoms with Gasteiger partial charge in [-0.2, -0.15) is 10.4 Å². The van der Waals surface area contributed by atoms with Crippen LogP contribution in [0.2, 0.25) is 0 Å². The summed E-state index contributed by atoms with van der Waals surface area (Å²) in [6.07, 6.45) is 0.514. The van der Waals surface area contributed by atoms with Crippen molar-refractivity contribution in [1.29, 1.82) is 5.26 Å². The number of ether oxygens (including phenoxy) is 1. The number of rotatable bonds is 7. The van der Waals surface area contributed by atoms with Gasteiger partial charge >= 0.3 is 6.09 Å². The minimum absolute atomic E-state index is 0.0415. The molecule has 0 saturated carbocycles. The lowest BCUT2D eigenvalue weighted by atomic mass is 10.1. The van der Waals surface area contributed by atoms with Crippen LogP contribution in [0.1, 0.15) is 16.7 Å². The van der Waals surface area contributed by atoms with E-state index in [9.17, 15) is 14.7 Å². The molecule has 0 aromatic heterocycles. The van der Waals surface area contributed by atoms with Gasteiger partial charge in [-0.25, -0.2) is 10.2 Å². The molecule has 27 heavy (non-hydrogen) atoms. The van der Waals surface area contributed by atoms with Gasteiger partial charge in [0, 0.05) is 0 Å². The van der Waals surface area contributed by atoms with Crippen LogP contribution in [-0.2, 0) is 16.1 Å². The quantitative estimate of drug-likeness (QED) is 0.503. The van der Waals surface area contributed by atoms with Gasteiger partial charge in [-0.05, 0) is 23.3 Å². The highest BCUT2D eigenvalue weighted by molar-refractivity contribution is 5.87. The van der Waals surface area contributed by atoms with Crippen molar-refractivity contribution in [3.63, 3.8) is 0 Å². The fraction of sp³-hybridized carbons (Fsp3) is 0.158. The van der Waals surface area contributed by atoms with Crippen molar-refractivity contribution in [2.45, 2.75) is 12.6 Å². The van der Waals surface area contributed by atoms with Gasteiger partial charge in [-0.3, -0.25) is 4.79 Å². The number of nitriles is 1. The number of hydrazone groups is 1. The van der Waals surface area contributed by atoms with Crippen LogP contribution in [-0.4, -0.2) is 36.0 Å². The van der Waals surface area contributed by atoms with E-state index in [1.807, 2.05) is 24.3 Å². The van der Waals surface area contributed by atoms with Gasteiger partial charge in [0.2, 0.25) is 0 Å². The van der Waals surface area contributed by atoms with Crippen molar-refractivity contribution < 1.29 is 19.4 Å². The van der Waals surface area contributed by atoms with E-state index in [4.69, 9.17) is 10.00 Å². The molecule has 0 unspecified atom stereocenters. The smallest absolute Gasteiger partial charge is 0.408 e. The van der Waals surface area contributed by atoms with Crippen molar-refractivity contribution in [2.24, 2.45) is 5.10 Å². The zero-order chi connectivity index (χ0) is 19.5. The molecule has 0 fully saturated rings. The molecule has 0 spiro atoms. The van der Waals surface area contributed by atoms with E-state index < -0.39 is 24.6 Å². The maximum Gasteiger partial charge on any atom is 0.408 e. The summed E-state index contributed by atoms with van der Waals surface area (Å²) in [7, 11) is 0. The summed E-state index contributed by atoms with van der Waals surface area (Å²) in [5.74, 6) is -0.707. The number of carbonyl (C=O) groups is 2. The first kappa shape index (κ1) is 19.6. The van der Waals surface area contributed by atoms with Crippen LogP contribution < -0.4 is 10.7 Å². The third kappa shape index (κ3) is 6.61. The van der Waals surface area contributed by atoms with Crippen LogP contribution in [0.25, 0.3) is 0 Å². The number of nitrogens with one attached hydrogen (secondary N) is 2. The lowest BCUT2D eigenvalue weighted by Gasteiger charge is -2.14. The Morgan fingerprint density at radius 2 is 2.00 bits per heavy atom. The highest BCUT2D eigenvalue weighted by Crippen LogP contribution is 2.02. The molecule has 2 rings (SSSR count). The van der Waals surface area contributed by atoms with E-state index in [-0.39, 0.29) is 6.61 Å². The second-order valence-electron chi connectivity index (χ2n) is 5.41. The Balaban J connectivity index is 1.82. The van der Waals surface area contributed by atoms with Gasteiger partial charge in [0.05, 0.1) is 24.5 Å². The normalized spacial score (nSPS) is 11.4. The molecule has 0 aliphatic carbocycles. The number of hydrogen-bond acceptors (Lipinski definition) is 6. The zero-order valence-corrected chi connectivity index (χ0v) is 14.3. The Hall–Kier alpha value is -3.70. The molecule has 2 amide bonds. The maximum atomic E-state index is 12.0. The van der Waals surface area contributed by atoms with Crippen molar-refractivity contribution in [1.82, 2.24) is 10.7 Å². The second kappa shape index (κ2) is 10.3. The first-order valence-corrected chi connectivity index (χ1v) is 8.03. The summed E-state index contributed by atoms with van der Waals surface area (Å²) in [5.41, 5.74) is 4.08. The molecule has 0 bridgehead atoms. The molecule has 0 aliphatic rings. The number of alkyl carbamates (subject to hydrolysis) is 1. The monoisotopic (exact) mass is 366 g/mol. The van der Waals surface area contributed by atoms with E-state index in [1.165, 1.54) is 6.21 Å². The topological polar surface area (TPSA) is 124 Å². The van der Waals surface area contributed by atoms with Crippen LogP contribution in [0.5, 0.6) is 0 Å². The van der Waals surface area contributed by atoms with E-state index in [0.29, 0.717) is 11.1 Å². The minimum atomic E-state index is -1.21. The van der Waals surface area contributed by atoms with Crippen LogP contribution in [0.4, 0.5) is 4.79 Å². The highest BCUT2D eigenvalue weighted by atomic mass is 16.5. The Bertz CT molecular complexity index is 846. The van der Waals surface area contributed by atoms with E-state index in [2.05, 4.69) is 15.8 Å². The SMILES string of the molecule is N#Cc1cccc(/C=N/NC(=O)[C@H](CO)NC(=O)OCc2ccccc2)c1. The van der Waals surface area contributed by atoms with Gasteiger partial charge in [0.25, 0.3) is 5.91 Å². The Morgan fingerprint density at radius 3 is 2.70 bits per heavy atom. The molecular formula is C19H18N4O4. The molecule has 8 nitrogen and oxygen atoms in total. The first-order valence-electron chi connectivity index (χ1n) is 8.03. The summed E-state index contributed by atoms with van der Waals surface area (Å²) in [6.45, 7) is -0.578. The van der Waals surface area contributed by atoms with Crippen molar-refractivity contribution in [3.8, 4) is 6.07 Å². The van der Waals surface area contributed by atoms with Crippen molar-refractivity contribution >= 4 is 18.2 Å². The van der Waals surface area contributed by atoms with Crippen molar-refractivity contribution in [3.05, 3.63) is 71.3 Å². The third-order valence-corrected chi connectivity index (χ3v) is 3.41. The molecule has 2 aromatic carbocycles. The highest BCUT2D eigenvalue weighted by Gasteiger charge is 2.20. The molecule has 0 heterocycles. The summed E-state index contributed by atoms with van der Waals surface area (Å²) in [4.78, 5) is 23.8. The average molecular weight is 366 g/mol. The predicted molar refractivity (Wildman–Crippen MR) is 97.5 cm³/mol. The number of aliphatic hydroxyl groups is 1. The fourth-order valence-electron chi connectivity index (χ4n) is 2.04. The lowest BCUT2D eigenvalue weighted by molar-refractivity contribution is -0.123. The Morgan fingerprint density at radius 1 is 1.22 bits per heavy atom. The molecule has 0 radical (unpaired) electrons. The maximum absolute atomic E-state index is 12.0. The Kier molecular flexibility index (Phi) is 7.51. The molecule has 2 aromatic rings. The predicted octanol–water partition coefficient (Wildman–Crippen LogP) is 1.30. The van der Waals surface area contributed by atoms with Crippen LogP contribution in [0.15, 0.2) is 59.7 Å². The molecule has 3 N–H and O–H groups in total. The second-order valence-corrected chi connectivity index (χ2v) is 5.41. The Labute approximate surface area is 156 Å². The molecule has 138 valence electrons. The fourth-order valence-corrected chi connectivity index (χ4v) is 2.04. The van der Waals surface area contributed by atoms with Gasteiger partial charge < -0.3 is 15.2 Å². The number of benzene rings is 2. The van der Waals surface area contributed by atoms with Gasteiger partial charge in [0.15, 0.2) is 0 Å². The van der Waals surface area contributed by atoms with Crippen LogP contribution >= 0.6 is 0 Å². The average Bonchev–Trinajstić information content (AvgIpc) is 2.71.